The van der Waals surface area contributed by atoms with Crippen molar-refractivity contribution in [3.8, 4) is 11.5 Å². The number of aryl methyl sites for hydroxylation is 2. The number of rotatable bonds is 7. The first-order valence-electron chi connectivity index (χ1n) is 12.4. The second kappa shape index (κ2) is 11.3. The highest BCUT2D eigenvalue weighted by Crippen LogP contribution is 2.34. The van der Waals surface area contributed by atoms with Crippen LogP contribution in [0.5, 0.6) is 11.5 Å². The molecule has 1 N–H and O–H groups in total. The molecule has 1 aliphatic heterocycles. The Bertz CT molecular complexity index is 1490. The van der Waals surface area contributed by atoms with Gasteiger partial charge in [0, 0.05) is 29.8 Å². The number of nitrogens with zero attached hydrogens (tertiary/aromatic N) is 2. The number of ether oxygens (including phenoxy) is 1. The molecule has 0 unspecified atom stereocenters. The lowest BCUT2D eigenvalue weighted by molar-refractivity contribution is -0.134. The second-order valence-electron chi connectivity index (χ2n) is 9.03. The standard InChI is InChI=1S/C28H30BrN3O5S/c1-5-31(6-2)38(35,36)23-11-12-26(37-22-9-7-21(29)8-10-22)24(17-23)30-27(33)28(34)32-14-13-20-15-18(3)19(4)16-25(20)32/h7-12,15-17H,5-6,13-14H2,1-4H3,(H,30,33). The summed E-state index contributed by atoms with van der Waals surface area (Å²) in [7, 11) is -3.81. The van der Waals surface area contributed by atoms with Gasteiger partial charge >= 0.3 is 11.8 Å². The number of halogens is 1. The molecule has 200 valence electrons. The van der Waals surface area contributed by atoms with Crippen molar-refractivity contribution < 1.29 is 22.7 Å². The lowest BCUT2D eigenvalue weighted by Gasteiger charge is -2.21. The van der Waals surface area contributed by atoms with Gasteiger partial charge in [-0.3, -0.25) is 9.59 Å². The lowest BCUT2D eigenvalue weighted by Crippen LogP contribution is -2.38. The van der Waals surface area contributed by atoms with E-state index in [1.54, 1.807) is 38.1 Å². The van der Waals surface area contributed by atoms with E-state index in [4.69, 9.17) is 4.74 Å². The maximum Gasteiger partial charge on any atom is 0.316 e. The van der Waals surface area contributed by atoms with Crippen LogP contribution in [0.3, 0.4) is 0 Å². The normalized spacial score (nSPS) is 12.9. The Morgan fingerprint density at radius 3 is 2.32 bits per heavy atom. The van der Waals surface area contributed by atoms with Crippen LogP contribution in [-0.2, 0) is 26.0 Å². The fourth-order valence-electron chi connectivity index (χ4n) is 4.37. The number of hydrogen-bond donors (Lipinski definition) is 1. The highest BCUT2D eigenvalue weighted by atomic mass is 79.9. The summed E-state index contributed by atoms with van der Waals surface area (Å²) >= 11 is 3.38. The van der Waals surface area contributed by atoms with E-state index in [1.165, 1.54) is 27.4 Å². The van der Waals surface area contributed by atoms with E-state index in [0.717, 1.165) is 26.9 Å². The molecule has 0 aliphatic carbocycles. The predicted molar refractivity (Wildman–Crippen MR) is 151 cm³/mol. The molecular formula is C28H30BrN3O5S. The number of amides is 2. The van der Waals surface area contributed by atoms with E-state index in [0.29, 0.717) is 31.8 Å². The number of fused-ring (bicyclic) bond motifs is 1. The molecule has 0 aromatic heterocycles. The molecule has 1 aliphatic rings. The van der Waals surface area contributed by atoms with Crippen LogP contribution in [0, 0.1) is 13.8 Å². The van der Waals surface area contributed by atoms with Crippen LogP contribution in [-0.4, -0.2) is 44.2 Å². The highest BCUT2D eigenvalue weighted by Gasteiger charge is 2.31. The smallest absolute Gasteiger partial charge is 0.316 e. The first-order valence-corrected chi connectivity index (χ1v) is 14.6. The fourth-order valence-corrected chi connectivity index (χ4v) is 6.12. The van der Waals surface area contributed by atoms with E-state index in [9.17, 15) is 18.0 Å². The third-order valence-electron chi connectivity index (χ3n) is 6.61. The van der Waals surface area contributed by atoms with Crippen LogP contribution in [0.4, 0.5) is 11.4 Å². The third kappa shape index (κ3) is 5.62. The Morgan fingerprint density at radius 1 is 1.00 bits per heavy atom. The number of nitrogens with one attached hydrogen (secondary N) is 1. The van der Waals surface area contributed by atoms with Crippen molar-refractivity contribution in [3.63, 3.8) is 0 Å². The first kappa shape index (κ1) is 27.8. The maximum atomic E-state index is 13.2. The molecule has 3 aromatic rings. The SMILES string of the molecule is CCN(CC)S(=O)(=O)c1ccc(Oc2ccc(Br)cc2)c(NC(=O)C(=O)N2CCc3cc(C)c(C)cc32)c1. The minimum Gasteiger partial charge on any atom is -0.455 e. The van der Waals surface area contributed by atoms with Gasteiger partial charge in [0.25, 0.3) is 0 Å². The van der Waals surface area contributed by atoms with E-state index in [2.05, 4.69) is 21.2 Å². The highest BCUT2D eigenvalue weighted by molar-refractivity contribution is 9.10. The van der Waals surface area contributed by atoms with E-state index in [1.807, 2.05) is 26.0 Å². The van der Waals surface area contributed by atoms with Gasteiger partial charge in [-0.05, 0) is 85.5 Å². The second-order valence-corrected chi connectivity index (χ2v) is 11.9. The Balaban J connectivity index is 1.67. The van der Waals surface area contributed by atoms with Crippen LogP contribution >= 0.6 is 15.9 Å². The van der Waals surface area contributed by atoms with Gasteiger partial charge < -0.3 is 15.0 Å². The Kier molecular flexibility index (Phi) is 8.25. The van der Waals surface area contributed by atoms with E-state index >= 15 is 0 Å². The van der Waals surface area contributed by atoms with Gasteiger partial charge in [-0.1, -0.05) is 35.8 Å². The van der Waals surface area contributed by atoms with E-state index in [-0.39, 0.29) is 16.3 Å². The number of benzene rings is 3. The van der Waals surface area contributed by atoms with Crippen molar-refractivity contribution in [1.29, 1.82) is 0 Å². The number of anilines is 2. The monoisotopic (exact) mass is 599 g/mol. The van der Waals surface area contributed by atoms with Crippen LogP contribution in [0.2, 0.25) is 0 Å². The van der Waals surface area contributed by atoms with Gasteiger partial charge in [0.2, 0.25) is 10.0 Å². The minimum absolute atomic E-state index is 0.00952. The summed E-state index contributed by atoms with van der Waals surface area (Å²) in [6, 6.07) is 15.3. The molecule has 4 rings (SSSR count). The third-order valence-corrected chi connectivity index (χ3v) is 9.19. The first-order chi connectivity index (χ1) is 18.0. The lowest BCUT2D eigenvalue weighted by atomic mass is 10.0. The molecule has 2 amide bonds. The van der Waals surface area contributed by atoms with Gasteiger partial charge in [-0.25, -0.2) is 8.42 Å². The zero-order valence-electron chi connectivity index (χ0n) is 21.7. The van der Waals surface area contributed by atoms with Crippen molar-refractivity contribution in [1.82, 2.24) is 4.31 Å². The summed E-state index contributed by atoms with van der Waals surface area (Å²) < 4.78 is 34.5. The zero-order valence-corrected chi connectivity index (χ0v) is 24.1. The van der Waals surface area contributed by atoms with Crippen LogP contribution < -0.4 is 15.0 Å². The molecule has 0 fully saturated rings. The fraction of sp³-hybridized carbons (Fsp3) is 0.286. The maximum absolute atomic E-state index is 13.2. The van der Waals surface area contributed by atoms with Crippen molar-refractivity contribution in [3.05, 3.63) is 75.8 Å². The molecule has 10 heteroatoms. The molecule has 38 heavy (non-hydrogen) atoms. The molecule has 1 heterocycles. The Morgan fingerprint density at radius 2 is 1.66 bits per heavy atom. The Hall–Kier alpha value is -3.21. The van der Waals surface area contributed by atoms with Crippen molar-refractivity contribution in [2.24, 2.45) is 0 Å². The van der Waals surface area contributed by atoms with Crippen LogP contribution in [0.25, 0.3) is 0 Å². The van der Waals surface area contributed by atoms with Crippen LogP contribution in [0.1, 0.15) is 30.5 Å². The van der Waals surface area contributed by atoms with Gasteiger partial charge in [0.05, 0.1) is 10.6 Å². The molecule has 3 aromatic carbocycles. The number of sulfonamides is 1. The van der Waals surface area contributed by atoms with Gasteiger partial charge in [-0.15, -0.1) is 0 Å². The van der Waals surface area contributed by atoms with Crippen LogP contribution in [0.15, 0.2) is 64.0 Å². The summed E-state index contributed by atoms with van der Waals surface area (Å²) in [4.78, 5) is 27.9. The largest absolute Gasteiger partial charge is 0.455 e. The molecule has 0 radical (unpaired) electrons. The van der Waals surface area contributed by atoms with E-state index < -0.39 is 21.8 Å². The number of carbonyl (C=O) groups is 2. The molecule has 0 bridgehead atoms. The molecule has 0 saturated carbocycles. The van der Waals surface area contributed by atoms with Gasteiger partial charge in [0.15, 0.2) is 5.75 Å². The Labute approximate surface area is 231 Å². The summed E-state index contributed by atoms with van der Waals surface area (Å²) in [6.45, 7) is 8.47. The summed E-state index contributed by atoms with van der Waals surface area (Å²) in [5.74, 6) is -0.915. The quantitative estimate of drug-likeness (QED) is 0.366. The average molecular weight is 601 g/mol. The van der Waals surface area contributed by atoms with Crippen molar-refractivity contribution in [2.45, 2.75) is 39.0 Å². The molecular weight excluding hydrogens is 570 g/mol. The summed E-state index contributed by atoms with van der Waals surface area (Å²) in [5, 5.41) is 2.62. The van der Waals surface area contributed by atoms with Crippen molar-refractivity contribution >= 4 is 49.1 Å². The number of hydrogen-bond acceptors (Lipinski definition) is 5. The zero-order chi connectivity index (χ0) is 27.6. The summed E-state index contributed by atoms with van der Waals surface area (Å²) in [6.07, 6.45) is 0.658. The molecule has 0 spiro atoms. The summed E-state index contributed by atoms with van der Waals surface area (Å²) in [5.41, 5.74) is 3.98. The molecule has 8 nitrogen and oxygen atoms in total. The molecule has 0 atom stereocenters. The van der Waals surface area contributed by atoms with Crippen molar-refractivity contribution in [2.75, 3.05) is 29.9 Å². The minimum atomic E-state index is -3.81. The number of carbonyl (C=O) groups excluding carboxylic acids is 2. The topological polar surface area (TPSA) is 96.0 Å². The average Bonchev–Trinajstić information content (AvgIpc) is 3.28. The molecule has 0 saturated heterocycles. The van der Waals surface area contributed by atoms with Gasteiger partial charge in [0.1, 0.15) is 5.75 Å². The predicted octanol–water partition coefficient (Wildman–Crippen LogP) is 5.42. The van der Waals surface area contributed by atoms with Gasteiger partial charge in [-0.2, -0.15) is 4.31 Å².